The van der Waals surface area contributed by atoms with Gasteiger partial charge in [0, 0.05) is 37.8 Å². The summed E-state index contributed by atoms with van der Waals surface area (Å²) in [6, 6.07) is 6.90. The van der Waals surface area contributed by atoms with Crippen LogP contribution in [-0.4, -0.2) is 26.2 Å². The molecule has 0 amide bonds. The highest BCUT2D eigenvalue weighted by Gasteiger charge is 2.39. The summed E-state index contributed by atoms with van der Waals surface area (Å²) in [6.45, 7) is 4.93. The molecule has 2 nitrogen and oxygen atoms in total. The standard InChI is InChI=1S/C13H16N2.2ClH/c1-2-9-4-5-15-8-10-6-14-7-12(10)11(3-1)13(9)15;;/h1-3,10,12,14H,4-8H2;2*1H/t10-,12-;;/m1../s1. The number of anilines is 1. The summed E-state index contributed by atoms with van der Waals surface area (Å²) in [6.07, 6.45) is 1.26. The van der Waals surface area contributed by atoms with E-state index in [2.05, 4.69) is 28.4 Å². The van der Waals surface area contributed by atoms with Crippen LogP contribution in [0.1, 0.15) is 17.0 Å². The van der Waals surface area contributed by atoms with E-state index in [1.54, 1.807) is 16.8 Å². The first kappa shape index (κ1) is 13.0. The molecule has 0 radical (unpaired) electrons. The molecule has 0 unspecified atom stereocenters. The molecule has 1 aromatic carbocycles. The van der Waals surface area contributed by atoms with Gasteiger partial charge in [-0.1, -0.05) is 18.2 Å². The van der Waals surface area contributed by atoms with Crippen LogP contribution in [0.15, 0.2) is 18.2 Å². The molecule has 1 N–H and O–H groups in total. The van der Waals surface area contributed by atoms with Crippen molar-refractivity contribution in [1.82, 2.24) is 5.32 Å². The Morgan fingerprint density at radius 3 is 2.94 bits per heavy atom. The highest BCUT2D eigenvalue weighted by molar-refractivity contribution is 5.85. The van der Waals surface area contributed by atoms with Crippen LogP contribution in [0.2, 0.25) is 0 Å². The van der Waals surface area contributed by atoms with Gasteiger partial charge in [-0.25, -0.2) is 0 Å². The number of hydrogen-bond acceptors (Lipinski definition) is 2. The van der Waals surface area contributed by atoms with E-state index in [9.17, 15) is 0 Å². The molecule has 1 saturated heterocycles. The van der Waals surface area contributed by atoms with Gasteiger partial charge in [0.15, 0.2) is 0 Å². The minimum absolute atomic E-state index is 0. The van der Waals surface area contributed by atoms with Gasteiger partial charge in [-0.3, -0.25) is 0 Å². The van der Waals surface area contributed by atoms with Crippen LogP contribution in [-0.2, 0) is 6.42 Å². The van der Waals surface area contributed by atoms with Gasteiger partial charge in [-0.2, -0.15) is 0 Å². The van der Waals surface area contributed by atoms with E-state index in [0.29, 0.717) is 0 Å². The van der Waals surface area contributed by atoms with Gasteiger partial charge in [0.2, 0.25) is 0 Å². The predicted octanol–water partition coefficient (Wildman–Crippen LogP) is 2.21. The summed E-state index contributed by atoms with van der Waals surface area (Å²) in [5.74, 6) is 1.64. The quantitative estimate of drug-likeness (QED) is 0.779. The van der Waals surface area contributed by atoms with Crippen LogP contribution >= 0.6 is 24.8 Å². The van der Waals surface area contributed by atoms with Crippen LogP contribution in [0.25, 0.3) is 0 Å². The molecule has 3 aliphatic heterocycles. The second-order valence-corrected chi connectivity index (χ2v) is 5.08. The molecule has 94 valence electrons. The Bertz CT molecular complexity index is 422. The van der Waals surface area contributed by atoms with Gasteiger partial charge >= 0.3 is 0 Å². The van der Waals surface area contributed by atoms with Crippen LogP contribution < -0.4 is 10.2 Å². The molecule has 1 aromatic rings. The van der Waals surface area contributed by atoms with Gasteiger partial charge in [0.1, 0.15) is 0 Å². The summed E-state index contributed by atoms with van der Waals surface area (Å²) in [7, 11) is 0. The second-order valence-electron chi connectivity index (χ2n) is 5.08. The molecule has 0 saturated carbocycles. The maximum Gasteiger partial charge on any atom is 0.0435 e. The Kier molecular flexibility index (Phi) is 3.58. The molecule has 1 fully saturated rings. The highest BCUT2D eigenvalue weighted by Crippen LogP contribution is 2.44. The van der Waals surface area contributed by atoms with E-state index < -0.39 is 0 Å². The van der Waals surface area contributed by atoms with Crippen molar-refractivity contribution in [2.75, 3.05) is 31.1 Å². The first-order chi connectivity index (χ1) is 7.43. The van der Waals surface area contributed by atoms with Gasteiger partial charge < -0.3 is 10.2 Å². The van der Waals surface area contributed by atoms with Crippen LogP contribution in [0, 0.1) is 5.92 Å². The average Bonchev–Trinajstić information content (AvgIpc) is 2.87. The Labute approximate surface area is 115 Å². The number of hydrogen-bond donors (Lipinski definition) is 1. The molecule has 0 aliphatic carbocycles. The second kappa shape index (κ2) is 4.68. The fraction of sp³-hybridized carbons (Fsp3) is 0.538. The molecule has 17 heavy (non-hydrogen) atoms. The lowest BCUT2D eigenvalue weighted by molar-refractivity contribution is 0.491. The minimum atomic E-state index is 0. The zero-order valence-corrected chi connectivity index (χ0v) is 11.3. The zero-order chi connectivity index (χ0) is 9.83. The van der Waals surface area contributed by atoms with Crippen LogP contribution in [0.3, 0.4) is 0 Å². The van der Waals surface area contributed by atoms with Crippen molar-refractivity contribution in [3.05, 3.63) is 29.3 Å². The van der Waals surface area contributed by atoms with Gasteiger partial charge in [-0.15, -0.1) is 24.8 Å². The van der Waals surface area contributed by atoms with Crippen molar-refractivity contribution in [2.45, 2.75) is 12.3 Å². The third-order valence-electron chi connectivity index (χ3n) is 4.31. The Hall–Kier alpha value is -0.440. The maximum atomic E-state index is 3.54. The van der Waals surface area contributed by atoms with E-state index in [4.69, 9.17) is 0 Å². The molecule has 4 heteroatoms. The first-order valence-corrected chi connectivity index (χ1v) is 6.01. The van der Waals surface area contributed by atoms with Crippen molar-refractivity contribution in [3.63, 3.8) is 0 Å². The number of fused-ring (bicyclic) bond motifs is 2. The molecule has 2 atom stereocenters. The van der Waals surface area contributed by atoms with Gasteiger partial charge in [0.05, 0.1) is 0 Å². The first-order valence-electron chi connectivity index (χ1n) is 6.01. The molecule has 0 bridgehead atoms. The van der Waals surface area contributed by atoms with E-state index in [1.807, 2.05) is 0 Å². The highest BCUT2D eigenvalue weighted by atomic mass is 35.5. The fourth-order valence-electron chi connectivity index (χ4n) is 3.62. The molecule has 3 aliphatic rings. The molecule has 0 aromatic heterocycles. The number of rotatable bonds is 0. The smallest absolute Gasteiger partial charge is 0.0435 e. The molecule has 0 spiro atoms. The van der Waals surface area contributed by atoms with Crippen molar-refractivity contribution < 1.29 is 0 Å². The van der Waals surface area contributed by atoms with Crippen molar-refractivity contribution in [2.24, 2.45) is 5.92 Å². The van der Waals surface area contributed by atoms with E-state index in [1.165, 1.54) is 32.6 Å². The van der Waals surface area contributed by atoms with Crippen molar-refractivity contribution in [1.29, 1.82) is 0 Å². The third kappa shape index (κ3) is 1.74. The molecule has 4 rings (SSSR count). The summed E-state index contributed by atoms with van der Waals surface area (Å²) in [5.41, 5.74) is 4.78. The third-order valence-corrected chi connectivity index (χ3v) is 4.31. The Balaban J connectivity index is 0.000000540. The summed E-state index contributed by atoms with van der Waals surface area (Å²) in [4.78, 5) is 2.61. The molecule has 3 heterocycles. The summed E-state index contributed by atoms with van der Waals surface area (Å²) >= 11 is 0. The lowest BCUT2D eigenvalue weighted by Crippen LogP contribution is -2.35. The Morgan fingerprint density at radius 1 is 1.18 bits per heavy atom. The van der Waals surface area contributed by atoms with Crippen molar-refractivity contribution in [3.8, 4) is 0 Å². The summed E-state index contributed by atoms with van der Waals surface area (Å²) in [5, 5.41) is 3.54. The predicted molar refractivity (Wildman–Crippen MR) is 76.0 cm³/mol. The normalized spacial score (nSPS) is 27.9. The number of benzene rings is 1. The average molecular weight is 273 g/mol. The fourth-order valence-corrected chi connectivity index (χ4v) is 3.62. The van der Waals surface area contributed by atoms with Crippen molar-refractivity contribution >= 4 is 30.5 Å². The number of nitrogens with zero attached hydrogens (tertiary/aromatic N) is 1. The number of para-hydroxylation sites is 1. The monoisotopic (exact) mass is 272 g/mol. The zero-order valence-electron chi connectivity index (χ0n) is 9.69. The SMILES string of the molecule is Cl.Cl.c1cc2c3c(c1)[C@@H]1CNC[C@@H]1CN3CC2. The van der Waals surface area contributed by atoms with Gasteiger partial charge in [-0.05, 0) is 23.5 Å². The van der Waals surface area contributed by atoms with E-state index in [-0.39, 0.29) is 24.8 Å². The lowest BCUT2D eigenvalue weighted by Gasteiger charge is -2.35. The number of nitrogens with one attached hydrogen (secondary N) is 1. The lowest BCUT2D eigenvalue weighted by atomic mass is 9.83. The maximum absolute atomic E-state index is 3.54. The topological polar surface area (TPSA) is 15.3 Å². The van der Waals surface area contributed by atoms with E-state index >= 15 is 0 Å². The largest absolute Gasteiger partial charge is 0.370 e. The molecular weight excluding hydrogens is 255 g/mol. The van der Waals surface area contributed by atoms with Crippen LogP contribution in [0.4, 0.5) is 5.69 Å². The molecular formula is C13H18Cl2N2. The Morgan fingerprint density at radius 2 is 2.06 bits per heavy atom. The van der Waals surface area contributed by atoms with Gasteiger partial charge in [0.25, 0.3) is 0 Å². The summed E-state index contributed by atoms with van der Waals surface area (Å²) < 4.78 is 0. The van der Waals surface area contributed by atoms with Crippen LogP contribution in [0.5, 0.6) is 0 Å². The minimum Gasteiger partial charge on any atom is -0.370 e. The number of halogens is 2. The van der Waals surface area contributed by atoms with E-state index in [0.717, 1.165) is 11.8 Å².